The van der Waals surface area contributed by atoms with Crippen LogP contribution < -0.4 is 5.32 Å². The molecule has 1 aromatic carbocycles. The van der Waals surface area contributed by atoms with E-state index in [2.05, 4.69) is 10.2 Å². The third kappa shape index (κ3) is 3.21. The van der Waals surface area contributed by atoms with Gasteiger partial charge in [0.15, 0.2) is 5.78 Å². The summed E-state index contributed by atoms with van der Waals surface area (Å²) in [7, 11) is 0. The molecule has 0 spiro atoms. The van der Waals surface area contributed by atoms with Crippen LogP contribution in [-0.2, 0) is 21.4 Å². The molecule has 168 valence electrons. The lowest BCUT2D eigenvalue weighted by molar-refractivity contribution is -0.178. The smallest absolute Gasteiger partial charge is 0.225 e. The number of piperidine rings is 1. The maximum absolute atomic E-state index is 13.3. The minimum atomic E-state index is -1.12. The molecule has 1 amide bonds. The normalized spacial score (nSPS) is 35.3. The van der Waals surface area contributed by atoms with Crippen LogP contribution in [0.25, 0.3) is 0 Å². The number of likely N-dealkylation sites (tertiary alicyclic amines) is 1. The number of amides is 1. The van der Waals surface area contributed by atoms with Crippen molar-refractivity contribution < 1.29 is 19.8 Å². The van der Waals surface area contributed by atoms with Crippen molar-refractivity contribution in [3.63, 3.8) is 0 Å². The number of hydrogen-bond acceptors (Lipinski definition) is 5. The highest BCUT2D eigenvalue weighted by molar-refractivity contribution is 5.93. The van der Waals surface area contributed by atoms with Crippen LogP contribution in [0, 0.1) is 11.3 Å². The van der Waals surface area contributed by atoms with Crippen LogP contribution in [0.15, 0.2) is 18.2 Å². The van der Waals surface area contributed by atoms with Crippen LogP contribution in [-0.4, -0.2) is 57.6 Å². The number of benzene rings is 1. The Morgan fingerprint density at radius 2 is 2.03 bits per heavy atom. The molecule has 2 saturated carbocycles. The minimum absolute atomic E-state index is 0.0205. The second kappa shape index (κ2) is 6.79. The van der Waals surface area contributed by atoms with Gasteiger partial charge in [-0.05, 0) is 61.4 Å². The SMILES string of the molecule is CC(C)(C)C(=O)NC1CC2(O)C3Cc4ccc(O)cc4C2(CCN3CC2CC2)CC1=O. The molecule has 31 heavy (non-hydrogen) atoms. The second-order valence-corrected chi connectivity index (χ2v) is 11.4. The zero-order valence-corrected chi connectivity index (χ0v) is 18.8. The summed E-state index contributed by atoms with van der Waals surface area (Å²) in [5.41, 5.74) is -0.379. The summed E-state index contributed by atoms with van der Waals surface area (Å²) in [5, 5.41) is 25.5. The van der Waals surface area contributed by atoms with Crippen molar-refractivity contribution in [3.05, 3.63) is 29.3 Å². The Bertz CT molecular complexity index is 934. The highest BCUT2D eigenvalue weighted by Crippen LogP contribution is 2.58. The molecule has 1 aromatic rings. The van der Waals surface area contributed by atoms with Gasteiger partial charge in [-0.3, -0.25) is 14.5 Å². The van der Waals surface area contributed by atoms with Gasteiger partial charge in [0.2, 0.25) is 5.91 Å². The number of ketones is 1. The van der Waals surface area contributed by atoms with Gasteiger partial charge in [0, 0.05) is 36.3 Å². The number of phenols is 1. The number of carbonyl (C=O) groups is 2. The van der Waals surface area contributed by atoms with Crippen molar-refractivity contribution in [1.29, 1.82) is 0 Å². The number of phenolic OH excluding ortho intramolecular Hbond substituents is 1. The van der Waals surface area contributed by atoms with E-state index >= 15 is 0 Å². The predicted molar refractivity (Wildman–Crippen MR) is 117 cm³/mol. The molecule has 4 unspecified atom stereocenters. The molecule has 0 radical (unpaired) electrons. The molecular weight excluding hydrogens is 392 g/mol. The number of hydrogen-bond donors (Lipinski definition) is 3. The first-order chi connectivity index (χ1) is 14.5. The molecule has 5 rings (SSSR count). The lowest BCUT2D eigenvalue weighted by atomic mass is 9.48. The maximum Gasteiger partial charge on any atom is 0.225 e. The molecule has 6 nitrogen and oxygen atoms in total. The standard InChI is InChI=1S/C25H34N2O4/c1-23(2,3)22(30)26-19-12-25(31)21-10-16-6-7-17(28)11-18(16)24(25,13-20(19)29)8-9-27(21)14-15-4-5-15/h6-7,11,15,19,21,28,31H,4-5,8-10,12-14H2,1-3H3,(H,26,30). The van der Waals surface area contributed by atoms with Crippen molar-refractivity contribution in [2.24, 2.45) is 11.3 Å². The van der Waals surface area contributed by atoms with Gasteiger partial charge in [-0.25, -0.2) is 0 Å². The highest BCUT2D eigenvalue weighted by atomic mass is 16.3. The Kier molecular flexibility index (Phi) is 4.59. The van der Waals surface area contributed by atoms with Crippen molar-refractivity contribution in [2.45, 2.75) is 82.4 Å². The van der Waals surface area contributed by atoms with E-state index in [1.165, 1.54) is 12.8 Å². The van der Waals surface area contributed by atoms with E-state index in [0.29, 0.717) is 18.8 Å². The Labute approximate surface area is 184 Å². The van der Waals surface area contributed by atoms with Crippen LogP contribution in [0.3, 0.4) is 0 Å². The van der Waals surface area contributed by atoms with E-state index in [1.807, 2.05) is 26.8 Å². The van der Waals surface area contributed by atoms with Gasteiger partial charge in [0.25, 0.3) is 0 Å². The van der Waals surface area contributed by atoms with Gasteiger partial charge in [0.05, 0.1) is 11.6 Å². The van der Waals surface area contributed by atoms with Crippen LogP contribution in [0.4, 0.5) is 0 Å². The van der Waals surface area contributed by atoms with Crippen LogP contribution in [0.2, 0.25) is 0 Å². The number of nitrogens with one attached hydrogen (secondary N) is 1. The summed E-state index contributed by atoms with van der Waals surface area (Å²) >= 11 is 0. The Morgan fingerprint density at radius 3 is 2.71 bits per heavy atom. The fraction of sp³-hybridized carbons (Fsp3) is 0.680. The first-order valence-corrected chi connectivity index (χ1v) is 11.7. The molecule has 2 bridgehead atoms. The van der Waals surface area contributed by atoms with Crippen LogP contribution in [0.5, 0.6) is 5.75 Å². The minimum Gasteiger partial charge on any atom is -0.508 e. The molecule has 4 atom stereocenters. The molecule has 3 fully saturated rings. The lowest BCUT2D eigenvalue weighted by Gasteiger charge is -2.64. The summed E-state index contributed by atoms with van der Waals surface area (Å²) in [5.74, 6) is 0.691. The van der Waals surface area contributed by atoms with Crippen molar-refractivity contribution in [3.8, 4) is 5.75 Å². The second-order valence-electron chi connectivity index (χ2n) is 11.4. The molecule has 6 heteroatoms. The summed E-state index contributed by atoms with van der Waals surface area (Å²) < 4.78 is 0. The monoisotopic (exact) mass is 426 g/mol. The number of fused-ring (bicyclic) bond motifs is 1. The van der Waals surface area contributed by atoms with Crippen molar-refractivity contribution in [2.75, 3.05) is 13.1 Å². The van der Waals surface area contributed by atoms with Gasteiger partial charge in [0.1, 0.15) is 5.75 Å². The molecule has 1 heterocycles. The number of nitrogens with zero attached hydrogens (tertiary/aromatic N) is 1. The van der Waals surface area contributed by atoms with Gasteiger partial charge >= 0.3 is 0 Å². The predicted octanol–water partition coefficient (Wildman–Crippen LogP) is 2.30. The average Bonchev–Trinajstić information content (AvgIpc) is 3.49. The van der Waals surface area contributed by atoms with E-state index in [0.717, 1.165) is 24.2 Å². The molecular formula is C25H34N2O4. The van der Waals surface area contributed by atoms with Crippen molar-refractivity contribution in [1.82, 2.24) is 10.2 Å². The van der Waals surface area contributed by atoms with Gasteiger partial charge in [-0.1, -0.05) is 26.8 Å². The summed E-state index contributed by atoms with van der Waals surface area (Å²) in [6.07, 6.45) is 4.32. The summed E-state index contributed by atoms with van der Waals surface area (Å²) in [6.45, 7) is 7.33. The number of aliphatic hydroxyl groups is 1. The topological polar surface area (TPSA) is 89.9 Å². The Hall–Kier alpha value is -1.92. The highest BCUT2D eigenvalue weighted by Gasteiger charge is 2.66. The average molecular weight is 427 g/mol. The number of Topliss-reactive ketones (excluding diaryl/α,β-unsaturated/α-hetero) is 1. The largest absolute Gasteiger partial charge is 0.508 e. The summed E-state index contributed by atoms with van der Waals surface area (Å²) in [4.78, 5) is 28.4. The zero-order chi connectivity index (χ0) is 22.2. The van der Waals surface area contributed by atoms with E-state index < -0.39 is 22.5 Å². The van der Waals surface area contributed by atoms with E-state index in [9.17, 15) is 19.8 Å². The van der Waals surface area contributed by atoms with Gasteiger partial charge in [-0.15, -0.1) is 0 Å². The molecule has 0 aromatic heterocycles. The fourth-order valence-electron chi connectivity index (χ4n) is 6.26. The molecule has 1 aliphatic heterocycles. The van der Waals surface area contributed by atoms with Crippen molar-refractivity contribution >= 4 is 11.7 Å². The van der Waals surface area contributed by atoms with E-state index in [4.69, 9.17) is 0 Å². The molecule has 3 N–H and O–H groups in total. The Balaban J connectivity index is 1.56. The third-order valence-corrected chi connectivity index (χ3v) is 8.22. The zero-order valence-electron chi connectivity index (χ0n) is 18.8. The fourth-order valence-corrected chi connectivity index (χ4v) is 6.26. The van der Waals surface area contributed by atoms with Crippen LogP contribution in [0.1, 0.15) is 64.0 Å². The number of aromatic hydroxyl groups is 1. The molecule has 4 aliphatic rings. The van der Waals surface area contributed by atoms with E-state index in [1.54, 1.807) is 12.1 Å². The lowest BCUT2D eigenvalue weighted by Crippen LogP contribution is -2.76. The van der Waals surface area contributed by atoms with E-state index in [-0.39, 0.29) is 36.3 Å². The first kappa shape index (κ1) is 21.0. The number of rotatable bonds is 3. The summed E-state index contributed by atoms with van der Waals surface area (Å²) in [6, 6.07) is 4.66. The Morgan fingerprint density at radius 1 is 1.29 bits per heavy atom. The van der Waals surface area contributed by atoms with Gasteiger partial charge in [-0.2, -0.15) is 0 Å². The third-order valence-electron chi connectivity index (χ3n) is 8.22. The number of carbonyl (C=O) groups excluding carboxylic acids is 2. The first-order valence-electron chi connectivity index (χ1n) is 11.7. The van der Waals surface area contributed by atoms with Crippen LogP contribution >= 0.6 is 0 Å². The molecule has 3 aliphatic carbocycles. The molecule has 1 saturated heterocycles. The quantitative estimate of drug-likeness (QED) is 0.690. The maximum atomic E-state index is 13.3. The van der Waals surface area contributed by atoms with Gasteiger partial charge < -0.3 is 15.5 Å².